The number of ether oxygens (including phenoxy) is 1. The van der Waals surface area contributed by atoms with Crippen LogP contribution in [0.25, 0.3) is 11.0 Å². The molecular weight excluding hydrogens is 246 g/mol. The molecule has 90 valence electrons. The minimum atomic E-state index is -0.862. The molecule has 0 aliphatic carbocycles. The molecule has 2 rings (SSSR count). The number of methoxy groups -OCH3 is 1. The second kappa shape index (κ2) is 4.58. The highest BCUT2D eigenvalue weighted by molar-refractivity contribution is 6.34. The SMILES string of the molecule is COc1nc(Cl)c2ccn(CCC(=O)O)c2n1. The number of rotatable bonds is 4. The van der Waals surface area contributed by atoms with Crippen molar-refractivity contribution < 1.29 is 14.6 Å². The molecular formula is C10H10ClN3O3. The van der Waals surface area contributed by atoms with Gasteiger partial charge in [-0.05, 0) is 6.07 Å². The van der Waals surface area contributed by atoms with Crippen molar-refractivity contribution in [1.29, 1.82) is 0 Å². The third-order valence-electron chi connectivity index (χ3n) is 2.30. The van der Waals surface area contributed by atoms with Gasteiger partial charge in [0.15, 0.2) is 0 Å². The fourth-order valence-electron chi connectivity index (χ4n) is 1.50. The molecule has 0 atom stereocenters. The maximum absolute atomic E-state index is 10.5. The fraction of sp³-hybridized carbons (Fsp3) is 0.300. The predicted octanol–water partition coefficient (Wildman–Crippen LogP) is 1.57. The maximum Gasteiger partial charge on any atom is 0.319 e. The lowest BCUT2D eigenvalue weighted by Gasteiger charge is -2.04. The third kappa shape index (κ3) is 2.31. The van der Waals surface area contributed by atoms with E-state index in [1.165, 1.54) is 7.11 Å². The van der Waals surface area contributed by atoms with Crippen molar-refractivity contribution in [2.24, 2.45) is 0 Å². The van der Waals surface area contributed by atoms with Crippen molar-refractivity contribution in [1.82, 2.24) is 14.5 Å². The molecule has 0 radical (unpaired) electrons. The minimum absolute atomic E-state index is 0.0215. The lowest BCUT2D eigenvalue weighted by atomic mass is 10.4. The van der Waals surface area contributed by atoms with Gasteiger partial charge in [0, 0.05) is 12.7 Å². The number of aromatic nitrogens is 3. The first-order valence-electron chi connectivity index (χ1n) is 4.90. The third-order valence-corrected chi connectivity index (χ3v) is 2.59. The zero-order valence-corrected chi connectivity index (χ0v) is 9.81. The van der Waals surface area contributed by atoms with Gasteiger partial charge in [-0.2, -0.15) is 9.97 Å². The van der Waals surface area contributed by atoms with Gasteiger partial charge in [-0.1, -0.05) is 11.6 Å². The molecule has 0 bridgehead atoms. The van der Waals surface area contributed by atoms with E-state index in [9.17, 15) is 4.79 Å². The molecule has 0 fully saturated rings. The van der Waals surface area contributed by atoms with Crippen LogP contribution >= 0.6 is 11.6 Å². The van der Waals surface area contributed by atoms with E-state index in [0.29, 0.717) is 22.7 Å². The molecule has 6 nitrogen and oxygen atoms in total. The molecule has 0 saturated heterocycles. The Kier molecular flexibility index (Phi) is 3.14. The second-order valence-electron chi connectivity index (χ2n) is 3.39. The standard InChI is InChI=1S/C10H10ClN3O3/c1-17-10-12-8(11)6-2-4-14(9(6)13-10)5-3-7(15)16/h2,4H,3,5H2,1H3,(H,15,16). The van der Waals surface area contributed by atoms with Gasteiger partial charge in [0.1, 0.15) is 10.8 Å². The summed E-state index contributed by atoms with van der Waals surface area (Å²) in [5.41, 5.74) is 0.572. The Bertz CT molecular complexity index is 567. The number of aryl methyl sites for hydroxylation is 1. The number of fused-ring (bicyclic) bond motifs is 1. The van der Waals surface area contributed by atoms with Gasteiger partial charge in [-0.25, -0.2) is 0 Å². The molecule has 0 aliphatic heterocycles. The summed E-state index contributed by atoms with van der Waals surface area (Å²) in [5.74, 6) is -0.862. The van der Waals surface area contributed by atoms with E-state index in [-0.39, 0.29) is 12.4 Å². The minimum Gasteiger partial charge on any atom is -0.481 e. The maximum atomic E-state index is 10.5. The fourth-order valence-corrected chi connectivity index (χ4v) is 1.72. The van der Waals surface area contributed by atoms with Crippen LogP contribution in [0, 0.1) is 0 Å². The van der Waals surface area contributed by atoms with Crippen molar-refractivity contribution in [3.8, 4) is 6.01 Å². The van der Waals surface area contributed by atoms with Gasteiger partial charge in [0.2, 0.25) is 0 Å². The number of carboxylic acid groups (broad SMARTS) is 1. The molecule has 0 aromatic carbocycles. The number of nitrogens with zero attached hydrogens (tertiary/aromatic N) is 3. The molecule has 0 saturated carbocycles. The van der Waals surface area contributed by atoms with Gasteiger partial charge in [-0.3, -0.25) is 4.79 Å². The molecule has 7 heteroatoms. The Labute approximate surface area is 102 Å². The van der Waals surface area contributed by atoms with E-state index in [1.54, 1.807) is 16.8 Å². The Balaban J connectivity index is 2.43. The molecule has 2 aromatic heterocycles. The van der Waals surface area contributed by atoms with E-state index >= 15 is 0 Å². The summed E-state index contributed by atoms with van der Waals surface area (Å²) in [6.07, 6.45) is 1.75. The largest absolute Gasteiger partial charge is 0.481 e. The van der Waals surface area contributed by atoms with Crippen LogP contribution in [0.1, 0.15) is 6.42 Å². The van der Waals surface area contributed by atoms with Crippen molar-refractivity contribution >= 4 is 28.6 Å². The lowest BCUT2D eigenvalue weighted by Crippen LogP contribution is -2.04. The number of halogens is 1. The van der Waals surface area contributed by atoms with Crippen molar-refractivity contribution in [3.63, 3.8) is 0 Å². The zero-order chi connectivity index (χ0) is 12.4. The second-order valence-corrected chi connectivity index (χ2v) is 3.75. The van der Waals surface area contributed by atoms with Gasteiger partial charge in [0.25, 0.3) is 0 Å². The molecule has 0 spiro atoms. The topological polar surface area (TPSA) is 77.2 Å². The Hall–Kier alpha value is -1.82. The smallest absolute Gasteiger partial charge is 0.319 e. The first kappa shape index (κ1) is 11.7. The van der Waals surface area contributed by atoms with Crippen LogP contribution in [0.4, 0.5) is 0 Å². The monoisotopic (exact) mass is 255 g/mol. The van der Waals surface area contributed by atoms with Crippen LogP contribution < -0.4 is 4.74 Å². The summed E-state index contributed by atoms with van der Waals surface area (Å²) in [4.78, 5) is 18.6. The highest BCUT2D eigenvalue weighted by Gasteiger charge is 2.11. The Morgan fingerprint density at radius 3 is 3.00 bits per heavy atom. The van der Waals surface area contributed by atoms with E-state index in [2.05, 4.69) is 9.97 Å². The highest BCUT2D eigenvalue weighted by Crippen LogP contribution is 2.23. The molecule has 1 N–H and O–H groups in total. The van der Waals surface area contributed by atoms with Crippen LogP contribution in [0.3, 0.4) is 0 Å². The predicted molar refractivity (Wildman–Crippen MR) is 61.3 cm³/mol. The zero-order valence-electron chi connectivity index (χ0n) is 9.05. The van der Waals surface area contributed by atoms with Crippen LogP contribution in [-0.4, -0.2) is 32.7 Å². The van der Waals surface area contributed by atoms with E-state index in [4.69, 9.17) is 21.4 Å². The molecule has 2 aromatic rings. The van der Waals surface area contributed by atoms with Crippen molar-refractivity contribution in [2.75, 3.05) is 7.11 Å². The summed E-state index contributed by atoms with van der Waals surface area (Å²) in [6, 6.07) is 1.91. The Morgan fingerprint density at radius 1 is 1.59 bits per heavy atom. The van der Waals surface area contributed by atoms with Crippen LogP contribution in [0.15, 0.2) is 12.3 Å². The van der Waals surface area contributed by atoms with Gasteiger partial charge < -0.3 is 14.4 Å². The first-order chi connectivity index (χ1) is 8.11. The summed E-state index contributed by atoms with van der Waals surface area (Å²) in [7, 11) is 1.45. The van der Waals surface area contributed by atoms with E-state index < -0.39 is 5.97 Å². The quantitative estimate of drug-likeness (QED) is 0.839. The summed E-state index contributed by atoms with van der Waals surface area (Å²) >= 11 is 5.96. The molecule has 0 unspecified atom stereocenters. The first-order valence-corrected chi connectivity index (χ1v) is 5.28. The van der Waals surface area contributed by atoms with Crippen molar-refractivity contribution in [2.45, 2.75) is 13.0 Å². The summed E-state index contributed by atoms with van der Waals surface area (Å²) in [5, 5.41) is 9.61. The van der Waals surface area contributed by atoms with E-state index in [1.807, 2.05) is 0 Å². The number of carboxylic acids is 1. The average molecular weight is 256 g/mol. The van der Waals surface area contributed by atoms with Gasteiger partial charge in [-0.15, -0.1) is 0 Å². The molecule has 2 heterocycles. The van der Waals surface area contributed by atoms with E-state index in [0.717, 1.165) is 0 Å². The number of hydrogen-bond donors (Lipinski definition) is 1. The molecule has 0 amide bonds. The summed E-state index contributed by atoms with van der Waals surface area (Å²) < 4.78 is 6.62. The molecule has 17 heavy (non-hydrogen) atoms. The normalized spacial score (nSPS) is 10.7. The lowest BCUT2D eigenvalue weighted by molar-refractivity contribution is -0.137. The number of aliphatic carboxylic acids is 1. The highest BCUT2D eigenvalue weighted by atomic mass is 35.5. The molecule has 0 aliphatic rings. The number of carbonyl (C=O) groups is 1. The number of hydrogen-bond acceptors (Lipinski definition) is 4. The average Bonchev–Trinajstić information content (AvgIpc) is 2.69. The van der Waals surface area contributed by atoms with Crippen LogP contribution in [0.5, 0.6) is 6.01 Å². The Morgan fingerprint density at radius 2 is 2.35 bits per heavy atom. The van der Waals surface area contributed by atoms with Gasteiger partial charge >= 0.3 is 12.0 Å². The van der Waals surface area contributed by atoms with Crippen LogP contribution in [-0.2, 0) is 11.3 Å². The van der Waals surface area contributed by atoms with Gasteiger partial charge in [0.05, 0.1) is 18.9 Å². The van der Waals surface area contributed by atoms with Crippen molar-refractivity contribution in [3.05, 3.63) is 17.4 Å². The summed E-state index contributed by atoms with van der Waals surface area (Å²) in [6.45, 7) is 0.329. The van der Waals surface area contributed by atoms with Crippen LogP contribution in [0.2, 0.25) is 5.15 Å².